The molecule has 0 saturated carbocycles. The Bertz CT molecular complexity index is 343. The SMILES string of the molecule is CCNC(=O)CN(C)c1cccc(Br)n1. The van der Waals surface area contributed by atoms with Gasteiger partial charge in [0.15, 0.2) is 0 Å². The highest BCUT2D eigenvalue weighted by atomic mass is 79.9. The first-order valence-electron chi connectivity index (χ1n) is 4.74. The topological polar surface area (TPSA) is 45.2 Å². The molecule has 0 bridgehead atoms. The summed E-state index contributed by atoms with van der Waals surface area (Å²) in [5.41, 5.74) is 0. The molecule has 0 radical (unpaired) electrons. The second-order valence-electron chi connectivity index (χ2n) is 3.13. The molecule has 5 heteroatoms. The van der Waals surface area contributed by atoms with Gasteiger partial charge in [-0.3, -0.25) is 4.79 Å². The van der Waals surface area contributed by atoms with Crippen LogP contribution in [0.1, 0.15) is 6.92 Å². The number of pyridine rings is 1. The fourth-order valence-electron chi connectivity index (χ4n) is 1.16. The summed E-state index contributed by atoms with van der Waals surface area (Å²) in [6.45, 7) is 2.87. The highest BCUT2D eigenvalue weighted by molar-refractivity contribution is 9.10. The zero-order valence-electron chi connectivity index (χ0n) is 8.83. The van der Waals surface area contributed by atoms with Crippen molar-refractivity contribution in [1.82, 2.24) is 10.3 Å². The molecule has 0 fully saturated rings. The van der Waals surface area contributed by atoms with Crippen molar-refractivity contribution in [2.75, 3.05) is 25.0 Å². The molecule has 82 valence electrons. The lowest BCUT2D eigenvalue weighted by molar-refractivity contribution is -0.119. The van der Waals surface area contributed by atoms with Crippen LogP contribution in [-0.4, -0.2) is 31.0 Å². The molecule has 0 aliphatic heterocycles. The van der Waals surface area contributed by atoms with Crippen molar-refractivity contribution < 1.29 is 4.79 Å². The molecule has 1 aromatic heterocycles. The summed E-state index contributed by atoms with van der Waals surface area (Å²) in [6.07, 6.45) is 0. The minimum atomic E-state index is 0.00164. The van der Waals surface area contributed by atoms with Gasteiger partial charge in [-0.05, 0) is 35.0 Å². The molecule has 1 N–H and O–H groups in total. The van der Waals surface area contributed by atoms with Crippen LogP contribution in [0, 0.1) is 0 Å². The minimum absolute atomic E-state index is 0.00164. The van der Waals surface area contributed by atoms with E-state index in [-0.39, 0.29) is 5.91 Å². The van der Waals surface area contributed by atoms with Crippen LogP contribution in [0.3, 0.4) is 0 Å². The average molecular weight is 272 g/mol. The van der Waals surface area contributed by atoms with E-state index in [1.54, 1.807) is 4.90 Å². The Balaban J connectivity index is 2.60. The molecule has 1 rings (SSSR count). The van der Waals surface area contributed by atoms with E-state index in [1.807, 2.05) is 32.2 Å². The number of carbonyl (C=O) groups excluding carboxylic acids is 1. The summed E-state index contributed by atoms with van der Waals surface area (Å²) in [4.78, 5) is 17.4. The number of nitrogens with one attached hydrogen (secondary N) is 1. The Morgan fingerprint density at radius 3 is 2.93 bits per heavy atom. The van der Waals surface area contributed by atoms with Crippen LogP contribution in [0.4, 0.5) is 5.82 Å². The molecule has 1 heterocycles. The van der Waals surface area contributed by atoms with E-state index in [4.69, 9.17) is 0 Å². The fraction of sp³-hybridized carbons (Fsp3) is 0.400. The number of nitrogens with zero attached hydrogens (tertiary/aromatic N) is 2. The van der Waals surface area contributed by atoms with Crippen molar-refractivity contribution in [3.63, 3.8) is 0 Å². The molecule has 1 aromatic rings. The molecular weight excluding hydrogens is 258 g/mol. The lowest BCUT2D eigenvalue weighted by Gasteiger charge is -2.17. The zero-order valence-corrected chi connectivity index (χ0v) is 10.4. The third kappa shape index (κ3) is 3.87. The number of rotatable bonds is 4. The zero-order chi connectivity index (χ0) is 11.3. The van der Waals surface area contributed by atoms with E-state index in [0.717, 1.165) is 10.4 Å². The van der Waals surface area contributed by atoms with E-state index in [0.29, 0.717) is 13.1 Å². The van der Waals surface area contributed by atoms with Crippen molar-refractivity contribution >= 4 is 27.7 Å². The monoisotopic (exact) mass is 271 g/mol. The van der Waals surface area contributed by atoms with Gasteiger partial charge in [-0.25, -0.2) is 4.98 Å². The van der Waals surface area contributed by atoms with Gasteiger partial charge < -0.3 is 10.2 Å². The van der Waals surface area contributed by atoms with Crippen LogP contribution in [0.25, 0.3) is 0 Å². The summed E-state index contributed by atoms with van der Waals surface area (Å²) in [7, 11) is 1.84. The minimum Gasteiger partial charge on any atom is -0.355 e. The van der Waals surface area contributed by atoms with Gasteiger partial charge in [0.05, 0.1) is 6.54 Å². The molecular formula is C10H14BrN3O. The highest BCUT2D eigenvalue weighted by Crippen LogP contribution is 2.12. The number of halogens is 1. The van der Waals surface area contributed by atoms with Crippen LogP contribution in [-0.2, 0) is 4.79 Å². The van der Waals surface area contributed by atoms with Gasteiger partial charge in [0.25, 0.3) is 0 Å². The van der Waals surface area contributed by atoms with Gasteiger partial charge in [-0.1, -0.05) is 6.07 Å². The number of amides is 1. The van der Waals surface area contributed by atoms with E-state index >= 15 is 0 Å². The second kappa shape index (κ2) is 5.70. The van der Waals surface area contributed by atoms with Crippen LogP contribution >= 0.6 is 15.9 Å². The van der Waals surface area contributed by atoms with Crippen molar-refractivity contribution in [1.29, 1.82) is 0 Å². The molecule has 0 aromatic carbocycles. The number of aromatic nitrogens is 1. The standard InChI is InChI=1S/C10H14BrN3O/c1-3-12-10(15)7-14(2)9-6-4-5-8(11)13-9/h4-6H,3,7H2,1-2H3,(H,12,15). The molecule has 0 saturated heterocycles. The van der Waals surface area contributed by atoms with Gasteiger partial charge in [0.1, 0.15) is 10.4 Å². The maximum absolute atomic E-state index is 11.3. The molecule has 15 heavy (non-hydrogen) atoms. The first-order valence-corrected chi connectivity index (χ1v) is 5.53. The largest absolute Gasteiger partial charge is 0.355 e. The van der Waals surface area contributed by atoms with E-state index < -0.39 is 0 Å². The Morgan fingerprint density at radius 1 is 1.60 bits per heavy atom. The summed E-state index contributed by atoms with van der Waals surface area (Å²) >= 11 is 3.29. The van der Waals surface area contributed by atoms with E-state index in [1.165, 1.54) is 0 Å². The summed E-state index contributed by atoms with van der Waals surface area (Å²) < 4.78 is 0.766. The van der Waals surface area contributed by atoms with Crippen LogP contribution in [0.15, 0.2) is 22.8 Å². The molecule has 0 aliphatic carbocycles. The van der Waals surface area contributed by atoms with Crippen molar-refractivity contribution in [2.24, 2.45) is 0 Å². The van der Waals surface area contributed by atoms with Gasteiger partial charge in [-0.15, -0.1) is 0 Å². The number of anilines is 1. The smallest absolute Gasteiger partial charge is 0.239 e. The molecule has 0 atom stereocenters. The number of hydrogen-bond donors (Lipinski definition) is 1. The van der Waals surface area contributed by atoms with Crippen molar-refractivity contribution in [2.45, 2.75) is 6.92 Å². The Morgan fingerprint density at radius 2 is 2.33 bits per heavy atom. The third-order valence-corrected chi connectivity index (χ3v) is 2.29. The Labute approximate surface area is 97.8 Å². The molecule has 1 amide bonds. The maximum atomic E-state index is 11.3. The van der Waals surface area contributed by atoms with Crippen LogP contribution < -0.4 is 10.2 Å². The number of likely N-dealkylation sites (N-methyl/N-ethyl adjacent to an activating group) is 2. The summed E-state index contributed by atoms with van der Waals surface area (Å²) in [6, 6.07) is 5.61. The van der Waals surface area contributed by atoms with Gasteiger partial charge >= 0.3 is 0 Å². The molecule has 0 unspecified atom stereocenters. The normalized spacial score (nSPS) is 9.80. The quantitative estimate of drug-likeness (QED) is 0.843. The summed E-state index contributed by atoms with van der Waals surface area (Å²) in [5.74, 6) is 0.775. The highest BCUT2D eigenvalue weighted by Gasteiger charge is 2.07. The molecule has 4 nitrogen and oxygen atoms in total. The average Bonchev–Trinajstić information content (AvgIpc) is 2.18. The molecule has 0 aliphatic rings. The lowest BCUT2D eigenvalue weighted by atomic mass is 10.4. The number of hydrogen-bond acceptors (Lipinski definition) is 3. The predicted molar refractivity (Wildman–Crippen MR) is 63.9 cm³/mol. The summed E-state index contributed by atoms with van der Waals surface area (Å²) in [5, 5.41) is 2.74. The van der Waals surface area contributed by atoms with Crippen LogP contribution in [0.2, 0.25) is 0 Å². The van der Waals surface area contributed by atoms with Crippen molar-refractivity contribution in [3.05, 3.63) is 22.8 Å². The van der Waals surface area contributed by atoms with Gasteiger partial charge in [0, 0.05) is 13.6 Å². The van der Waals surface area contributed by atoms with E-state index in [9.17, 15) is 4.79 Å². The van der Waals surface area contributed by atoms with Crippen LogP contribution in [0.5, 0.6) is 0 Å². The lowest BCUT2D eigenvalue weighted by Crippen LogP contribution is -2.35. The fourth-order valence-corrected chi connectivity index (χ4v) is 1.49. The maximum Gasteiger partial charge on any atom is 0.239 e. The van der Waals surface area contributed by atoms with Crippen molar-refractivity contribution in [3.8, 4) is 0 Å². The van der Waals surface area contributed by atoms with Gasteiger partial charge in [-0.2, -0.15) is 0 Å². The predicted octanol–water partition coefficient (Wildman–Crippen LogP) is 1.42. The molecule has 0 spiro atoms. The number of carbonyl (C=O) groups is 1. The van der Waals surface area contributed by atoms with Gasteiger partial charge in [0.2, 0.25) is 5.91 Å². The Hall–Kier alpha value is -1.10. The third-order valence-electron chi connectivity index (χ3n) is 1.85. The second-order valence-corrected chi connectivity index (χ2v) is 3.94. The Kier molecular flexibility index (Phi) is 4.55. The first kappa shape index (κ1) is 12.0. The first-order chi connectivity index (χ1) is 7.13. The van der Waals surface area contributed by atoms with E-state index in [2.05, 4.69) is 26.2 Å².